The average Bonchev–Trinajstić information content (AvgIpc) is 3.48. The molecule has 8 heteroatoms. The predicted octanol–water partition coefficient (Wildman–Crippen LogP) is 4.78. The summed E-state index contributed by atoms with van der Waals surface area (Å²) in [5.41, 5.74) is 5.16. The number of nitrogens with zero attached hydrogens (tertiary/aromatic N) is 4. The van der Waals surface area contributed by atoms with E-state index in [1.807, 2.05) is 54.3 Å². The SMILES string of the molecule is Cc1ccccc1NC(=O)N(CCc1csc2nc(-c3ccccc3)cn12)CCN1CCOCC1. The van der Waals surface area contributed by atoms with E-state index in [2.05, 4.69) is 38.3 Å². The minimum Gasteiger partial charge on any atom is -0.379 e. The molecule has 2 aromatic heterocycles. The number of thiazole rings is 1. The maximum absolute atomic E-state index is 13.3. The van der Waals surface area contributed by atoms with Crippen molar-refractivity contribution in [3.05, 3.63) is 77.4 Å². The van der Waals surface area contributed by atoms with Crippen LogP contribution in [-0.4, -0.2) is 71.2 Å². The van der Waals surface area contributed by atoms with Crippen LogP contribution in [0.5, 0.6) is 0 Å². The molecule has 2 amide bonds. The number of benzene rings is 2. The monoisotopic (exact) mass is 489 g/mol. The Kier molecular flexibility index (Phi) is 7.42. The van der Waals surface area contributed by atoms with Crippen molar-refractivity contribution in [2.75, 3.05) is 51.3 Å². The summed E-state index contributed by atoms with van der Waals surface area (Å²) in [4.78, 5) is 23.4. The van der Waals surface area contributed by atoms with Gasteiger partial charge in [0, 0.05) is 67.7 Å². The smallest absolute Gasteiger partial charge is 0.321 e. The van der Waals surface area contributed by atoms with Gasteiger partial charge in [0.25, 0.3) is 0 Å². The molecule has 182 valence electrons. The second kappa shape index (κ2) is 11.0. The molecule has 0 aliphatic carbocycles. The van der Waals surface area contributed by atoms with Crippen LogP contribution in [0, 0.1) is 6.92 Å². The largest absolute Gasteiger partial charge is 0.379 e. The summed E-state index contributed by atoms with van der Waals surface area (Å²) < 4.78 is 7.63. The summed E-state index contributed by atoms with van der Waals surface area (Å²) in [6.45, 7) is 7.49. The zero-order chi connectivity index (χ0) is 24.0. The van der Waals surface area contributed by atoms with E-state index < -0.39 is 0 Å². The first-order valence-electron chi connectivity index (χ1n) is 12.1. The number of aromatic nitrogens is 2. The van der Waals surface area contributed by atoms with E-state index in [0.29, 0.717) is 13.1 Å². The lowest BCUT2D eigenvalue weighted by Gasteiger charge is -2.30. The van der Waals surface area contributed by atoms with Crippen LogP contribution in [0.1, 0.15) is 11.3 Å². The van der Waals surface area contributed by atoms with Crippen molar-refractivity contribution >= 4 is 28.0 Å². The molecule has 4 aromatic rings. The van der Waals surface area contributed by atoms with Crippen LogP contribution < -0.4 is 5.32 Å². The molecule has 0 atom stereocenters. The van der Waals surface area contributed by atoms with Gasteiger partial charge in [-0.3, -0.25) is 9.30 Å². The van der Waals surface area contributed by atoms with Crippen molar-refractivity contribution in [2.45, 2.75) is 13.3 Å². The molecule has 0 saturated carbocycles. The lowest BCUT2D eigenvalue weighted by Crippen LogP contribution is -2.45. The van der Waals surface area contributed by atoms with Crippen LogP contribution in [0.15, 0.2) is 66.2 Å². The highest BCUT2D eigenvalue weighted by Gasteiger charge is 2.19. The zero-order valence-electron chi connectivity index (χ0n) is 20.0. The topological polar surface area (TPSA) is 62.1 Å². The second-order valence-corrected chi connectivity index (χ2v) is 9.64. The van der Waals surface area contributed by atoms with E-state index in [1.54, 1.807) is 11.3 Å². The number of carbonyl (C=O) groups excluding carboxylic acids is 1. The Morgan fingerprint density at radius 3 is 2.66 bits per heavy atom. The average molecular weight is 490 g/mol. The van der Waals surface area contributed by atoms with Gasteiger partial charge in [0.2, 0.25) is 0 Å². The highest BCUT2D eigenvalue weighted by Crippen LogP contribution is 2.24. The number of rotatable bonds is 8. The molecule has 7 nitrogen and oxygen atoms in total. The molecular weight excluding hydrogens is 458 g/mol. The molecule has 1 saturated heterocycles. The second-order valence-electron chi connectivity index (χ2n) is 8.81. The third-order valence-electron chi connectivity index (χ3n) is 6.45. The minimum absolute atomic E-state index is 0.0605. The first-order valence-corrected chi connectivity index (χ1v) is 13.0. The lowest BCUT2D eigenvalue weighted by atomic mass is 10.2. The van der Waals surface area contributed by atoms with Gasteiger partial charge in [-0.1, -0.05) is 48.5 Å². The number of hydrogen-bond donors (Lipinski definition) is 1. The van der Waals surface area contributed by atoms with E-state index >= 15 is 0 Å². The molecule has 0 unspecified atom stereocenters. The number of hydrogen-bond acceptors (Lipinski definition) is 5. The number of nitrogens with one attached hydrogen (secondary N) is 1. The van der Waals surface area contributed by atoms with Gasteiger partial charge in [0.15, 0.2) is 4.96 Å². The summed E-state index contributed by atoms with van der Waals surface area (Å²) >= 11 is 1.64. The summed E-state index contributed by atoms with van der Waals surface area (Å²) in [7, 11) is 0. The number of para-hydroxylation sites is 1. The summed E-state index contributed by atoms with van der Waals surface area (Å²) in [6.07, 6.45) is 2.86. The van der Waals surface area contributed by atoms with E-state index in [-0.39, 0.29) is 6.03 Å². The first-order chi connectivity index (χ1) is 17.2. The number of aryl methyl sites for hydroxylation is 1. The highest BCUT2D eigenvalue weighted by atomic mass is 32.1. The van der Waals surface area contributed by atoms with Crippen molar-refractivity contribution in [2.24, 2.45) is 0 Å². The summed E-state index contributed by atoms with van der Waals surface area (Å²) in [5, 5.41) is 5.27. The van der Waals surface area contributed by atoms with Crippen molar-refractivity contribution < 1.29 is 9.53 Å². The number of morpholine rings is 1. The molecule has 0 bridgehead atoms. The maximum atomic E-state index is 13.3. The third kappa shape index (κ3) is 5.73. The number of carbonyl (C=O) groups is 1. The fourth-order valence-corrected chi connectivity index (χ4v) is 5.22. The zero-order valence-corrected chi connectivity index (χ0v) is 20.8. The van der Waals surface area contributed by atoms with Crippen molar-refractivity contribution in [3.8, 4) is 11.3 Å². The fraction of sp³-hybridized carbons (Fsp3) is 0.333. The van der Waals surface area contributed by atoms with Gasteiger partial charge in [-0.05, 0) is 18.6 Å². The molecule has 0 radical (unpaired) electrons. The molecule has 2 aromatic carbocycles. The number of ether oxygens (including phenoxy) is 1. The van der Waals surface area contributed by atoms with Crippen LogP contribution >= 0.6 is 11.3 Å². The number of anilines is 1. The Hall–Kier alpha value is -3.20. The third-order valence-corrected chi connectivity index (χ3v) is 7.34. The summed E-state index contributed by atoms with van der Waals surface area (Å²) in [6, 6.07) is 18.1. The highest BCUT2D eigenvalue weighted by molar-refractivity contribution is 7.15. The lowest BCUT2D eigenvalue weighted by molar-refractivity contribution is 0.0352. The first kappa shape index (κ1) is 23.5. The van der Waals surface area contributed by atoms with Gasteiger partial charge in [0.1, 0.15) is 0 Å². The van der Waals surface area contributed by atoms with Gasteiger partial charge >= 0.3 is 6.03 Å². The number of fused-ring (bicyclic) bond motifs is 1. The Bertz CT molecular complexity index is 1260. The predicted molar refractivity (Wildman–Crippen MR) is 141 cm³/mol. The van der Waals surface area contributed by atoms with Crippen LogP contribution in [0.3, 0.4) is 0 Å². The van der Waals surface area contributed by atoms with Crippen molar-refractivity contribution in [1.82, 2.24) is 19.2 Å². The molecule has 3 heterocycles. The van der Waals surface area contributed by atoms with Gasteiger partial charge < -0.3 is 15.0 Å². The molecule has 1 aliphatic rings. The fourth-order valence-electron chi connectivity index (χ4n) is 4.32. The Morgan fingerprint density at radius 1 is 1.09 bits per heavy atom. The van der Waals surface area contributed by atoms with E-state index in [1.165, 1.54) is 5.69 Å². The van der Waals surface area contributed by atoms with E-state index in [4.69, 9.17) is 9.72 Å². The van der Waals surface area contributed by atoms with Gasteiger partial charge in [-0.25, -0.2) is 9.78 Å². The molecule has 0 spiro atoms. The Balaban J connectivity index is 1.30. The molecule has 35 heavy (non-hydrogen) atoms. The van der Waals surface area contributed by atoms with Gasteiger partial charge in [0.05, 0.1) is 18.9 Å². The Morgan fingerprint density at radius 2 is 1.86 bits per heavy atom. The van der Waals surface area contributed by atoms with Crippen molar-refractivity contribution in [1.29, 1.82) is 0 Å². The molecule has 1 aliphatic heterocycles. The maximum Gasteiger partial charge on any atom is 0.321 e. The van der Waals surface area contributed by atoms with E-state index in [9.17, 15) is 4.79 Å². The van der Waals surface area contributed by atoms with E-state index in [0.717, 1.165) is 66.7 Å². The van der Waals surface area contributed by atoms with Crippen LogP contribution in [-0.2, 0) is 11.2 Å². The van der Waals surface area contributed by atoms with Crippen LogP contribution in [0.25, 0.3) is 16.2 Å². The number of imidazole rings is 1. The van der Waals surface area contributed by atoms with Gasteiger partial charge in [-0.15, -0.1) is 11.3 Å². The minimum atomic E-state index is -0.0605. The molecular formula is C27H31N5O2S. The standard InChI is InChI=1S/C27H31N5O2S/c1-21-7-5-6-10-24(21)28-26(33)31(14-13-30-15-17-34-18-16-30)12-11-23-20-35-27-29-25(19-32(23)27)22-8-3-2-4-9-22/h2-10,19-20H,11-18H2,1H3,(H,28,33). The molecule has 5 rings (SSSR count). The van der Waals surface area contributed by atoms with Crippen molar-refractivity contribution in [3.63, 3.8) is 0 Å². The number of urea groups is 1. The Labute approximate surface area is 210 Å². The summed E-state index contributed by atoms with van der Waals surface area (Å²) in [5.74, 6) is 0. The molecule has 1 fully saturated rings. The number of amides is 2. The normalized spacial score (nSPS) is 14.3. The molecule has 1 N–H and O–H groups in total. The van der Waals surface area contributed by atoms with Crippen LogP contribution in [0.2, 0.25) is 0 Å². The quantitative estimate of drug-likeness (QED) is 0.387. The van der Waals surface area contributed by atoms with Gasteiger partial charge in [-0.2, -0.15) is 0 Å². The van der Waals surface area contributed by atoms with Crippen LogP contribution in [0.4, 0.5) is 10.5 Å².